The van der Waals surface area contributed by atoms with Crippen LogP contribution in [0, 0.1) is 0 Å². The Labute approximate surface area is 83.7 Å². The minimum absolute atomic E-state index is 0.0880. The van der Waals surface area contributed by atoms with Crippen molar-refractivity contribution in [3.05, 3.63) is 11.8 Å². The molecule has 74 valence electrons. The normalized spacial score (nSPS) is 15.7. The zero-order valence-electron chi connectivity index (χ0n) is 6.79. The van der Waals surface area contributed by atoms with Crippen LogP contribution in [0.3, 0.4) is 0 Å². The van der Waals surface area contributed by atoms with E-state index in [1.54, 1.807) is 0 Å². The van der Waals surface area contributed by atoms with Crippen LogP contribution >= 0.6 is 12.2 Å². The standard InChI is InChI=1S/C6H6N4O3S/c7-5(14)8-1-2-3(11)9-6(13)10-4(2)12/h1H,(H3,7,8,14)(H2,9,10,11,12,13). The molecule has 1 saturated heterocycles. The van der Waals surface area contributed by atoms with Crippen molar-refractivity contribution in [2.75, 3.05) is 0 Å². The predicted molar refractivity (Wildman–Crippen MR) is 49.7 cm³/mol. The first kappa shape index (κ1) is 10.1. The molecular formula is C6H6N4O3S. The van der Waals surface area contributed by atoms with Gasteiger partial charge in [-0.1, -0.05) is 0 Å². The fraction of sp³-hybridized carbons (Fsp3) is 0. The Morgan fingerprint density at radius 2 is 1.79 bits per heavy atom. The van der Waals surface area contributed by atoms with E-state index >= 15 is 0 Å². The second-order valence-electron chi connectivity index (χ2n) is 2.30. The van der Waals surface area contributed by atoms with Gasteiger partial charge in [-0.25, -0.2) is 4.79 Å². The maximum atomic E-state index is 11.0. The molecule has 1 aliphatic rings. The number of urea groups is 1. The van der Waals surface area contributed by atoms with Crippen molar-refractivity contribution in [3.63, 3.8) is 0 Å². The van der Waals surface area contributed by atoms with Crippen molar-refractivity contribution in [2.45, 2.75) is 0 Å². The van der Waals surface area contributed by atoms with Gasteiger partial charge < -0.3 is 11.1 Å². The molecule has 5 N–H and O–H groups in total. The van der Waals surface area contributed by atoms with Crippen LogP contribution in [0.15, 0.2) is 11.8 Å². The third-order valence-corrected chi connectivity index (χ3v) is 1.42. The zero-order chi connectivity index (χ0) is 10.7. The van der Waals surface area contributed by atoms with E-state index in [0.29, 0.717) is 0 Å². The summed E-state index contributed by atoms with van der Waals surface area (Å²) in [5.74, 6) is -1.61. The second kappa shape index (κ2) is 3.83. The van der Waals surface area contributed by atoms with E-state index in [0.717, 1.165) is 6.20 Å². The lowest BCUT2D eigenvalue weighted by atomic mass is 10.2. The van der Waals surface area contributed by atoms with Gasteiger partial charge in [-0.15, -0.1) is 0 Å². The molecule has 8 heteroatoms. The predicted octanol–water partition coefficient (Wildman–Crippen LogP) is -1.93. The lowest BCUT2D eigenvalue weighted by Gasteiger charge is -2.13. The molecule has 0 aromatic carbocycles. The van der Waals surface area contributed by atoms with E-state index in [-0.39, 0.29) is 10.7 Å². The van der Waals surface area contributed by atoms with Crippen molar-refractivity contribution in [1.82, 2.24) is 16.0 Å². The highest BCUT2D eigenvalue weighted by molar-refractivity contribution is 7.80. The minimum Gasteiger partial charge on any atom is -0.376 e. The summed E-state index contributed by atoms with van der Waals surface area (Å²) >= 11 is 4.46. The highest BCUT2D eigenvalue weighted by Gasteiger charge is 2.27. The number of nitrogens with two attached hydrogens (primary N) is 1. The molecule has 0 atom stereocenters. The molecule has 1 heterocycles. The van der Waals surface area contributed by atoms with Crippen LogP contribution in [0.1, 0.15) is 0 Å². The largest absolute Gasteiger partial charge is 0.376 e. The van der Waals surface area contributed by atoms with Gasteiger partial charge in [-0.05, 0) is 12.2 Å². The molecule has 0 unspecified atom stereocenters. The molecule has 0 aromatic rings. The Kier molecular flexibility index (Phi) is 2.77. The van der Waals surface area contributed by atoms with Gasteiger partial charge in [-0.2, -0.15) is 0 Å². The lowest BCUT2D eigenvalue weighted by molar-refractivity contribution is -0.124. The second-order valence-corrected chi connectivity index (χ2v) is 2.74. The molecule has 0 spiro atoms. The van der Waals surface area contributed by atoms with Crippen molar-refractivity contribution in [3.8, 4) is 0 Å². The average molecular weight is 214 g/mol. The molecule has 1 rings (SSSR count). The molecular weight excluding hydrogens is 208 g/mol. The number of thiocarbonyl (C=S) groups is 1. The fourth-order valence-electron chi connectivity index (χ4n) is 0.750. The highest BCUT2D eigenvalue weighted by Crippen LogP contribution is 1.97. The van der Waals surface area contributed by atoms with E-state index in [2.05, 4.69) is 17.5 Å². The first-order valence-electron chi connectivity index (χ1n) is 3.43. The summed E-state index contributed by atoms with van der Waals surface area (Å²) < 4.78 is 0. The summed E-state index contributed by atoms with van der Waals surface area (Å²) in [4.78, 5) is 32.7. The van der Waals surface area contributed by atoms with Gasteiger partial charge in [0.05, 0.1) is 0 Å². The van der Waals surface area contributed by atoms with Crippen LogP contribution in [-0.4, -0.2) is 23.0 Å². The molecule has 4 amide bonds. The Bertz CT molecular complexity index is 340. The number of hydrogen-bond acceptors (Lipinski definition) is 4. The molecule has 0 radical (unpaired) electrons. The van der Waals surface area contributed by atoms with Gasteiger partial charge in [0.2, 0.25) is 0 Å². The topological polar surface area (TPSA) is 113 Å². The van der Waals surface area contributed by atoms with E-state index in [9.17, 15) is 14.4 Å². The van der Waals surface area contributed by atoms with Crippen LogP contribution < -0.4 is 21.7 Å². The molecule has 0 aromatic heterocycles. The quantitative estimate of drug-likeness (QED) is 0.230. The maximum absolute atomic E-state index is 11.0. The molecule has 0 saturated carbocycles. The van der Waals surface area contributed by atoms with Crippen LogP contribution in [0.5, 0.6) is 0 Å². The maximum Gasteiger partial charge on any atom is 0.328 e. The summed E-state index contributed by atoms with van der Waals surface area (Å²) in [6.07, 6.45) is 1.03. The van der Waals surface area contributed by atoms with Gasteiger partial charge in [0, 0.05) is 6.20 Å². The highest BCUT2D eigenvalue weighted by atomic mass is 32.1. The number of carbonyl (C=O) groups excluding carboxylic acids is 3. The Balaban J connectivity index is 2.82. The van der Waals surface area contributed by atoms with Crippen molar-refractivity contribution < 1.29 is 14.4 Å². The number of imide groups is 2. The summed E-state index contributed by atoms with van der Waals surface area (Å²) in [5.41, 5.74) is 4.81. The van der Waals surface area contributed by atoms with Crippen LogP contribution in [-0.2, 0) is 9.59 Å². The van der Waals surface area contributed by atoms with Gasteiger partial charge in [0.15, 0.2) is 5.11 Å². The number of hydrogen-bond donors (Lipinski definition) is 4. The molecule has 0 aliphatic carbocycles. The van der Waals surface area contributed by atoms with Gasteiger partial charge in [0.1, 0.15) is 5.57 Å². The lowest BCUT2D eigenvalue weighted by Crippen LogP contribution is -2.52. The average Bonchev–Trinajstić information content (AvgIpc) is 2.01. The van der Waals surface area contributed by atoms with Gasteiger partial charge in [0.25, 0.3) is 11.8 Å². The van der Waals surface area contributed by atoms with E-state index in [1.165, 1.54) is 0 Å². The summed E-state index contributed by atoms with van der Waals surface area (Å²) in [5, 5.41) is 5.98. The van der Waals surface area contributed by atoms with Crippen LogP contribution in [0.4, 0.5) is 4.79 Å². The monoisotopic (exact) mass is 214 g/mol. The molecule has 14 heavy (non-hydrogen) atoms. The van der Waals surface area contributed by atoms with Crippen LogP contribution in [0.2, 0.25) is 0 Å². The zero-order valence-corrected chi connectivity index (χ0v) is 7.60. The smallest absolute Gasteiger partial charge is 0.328 e. The molecule has 0 bridgehead atoms. The van der Waals surface area contributed by atoms with Crippen molar-refractivity contribution in [1.29, 1.82) is 0 Å². The first-order valence-corrected chi connectivity index (χ1v) is 3.84. The van der Waals surface area contributed by atoms with Crippen molar-refractivity contribution in [2.24, 2.45) is 5.73 Å². The number of carbonyl (C=O) groups is 3. The first-order chi connectivity index (χ1) is 6.50. The Hall–Kier alpha value is -1.96. The van der Waals surface area contributed by atoms with Crippen molar-refractivity contribution >= 4 is 35.2 Å². The van der Waals surface area contributed by atoms with Crippen LogP contribution in [0.25, 0.3) is 0 Å². The SMILES string of the molecule is NC(=S)NC=C1C(=O)NC(=O)NC1=O. The number of nitrogens with one attached hydrogen (secondary N) is 3. The summed E-state index contributed by atoms with van der Waals surface area (Å²) in [7, 11) is 0. The fourth-order valence-corrected chi connectivity index (χ4v) is 0.809. The van der Waals surface area contributed by atoms with E-state index in [1.807, 2.05) is 10.6 Å². The summed E-state index contributed by atoms with van der Waals surface area (Å²) in [6.45, 7) is 0. The van der Waals surface area contributed by atoms with E-state index in [4.69, 9.17) is 5.73 Å². The van der Waals surface area contributed by atoms with E-state index < -0.39 is 17.8 Å². The number of amides is 4. The third kappa shape index (κ3) is 2.26. The number of rotatable bonds is 1. The number of barbiturate groups is 1. The van der Waals surface area contributed by atoms with Gasteiger partial charge in [-0.3, -0.25) is 20.2 Å². The molecule has 1 aliphatic heterocycles. The third-order valence-electron chi connectivity index (χ3n) is 1.30. The summed E-state index contributed by atoms with van der Waals surface area (Å²) in [6, 6.07) is -0.854. The minimum atomic E-state index is -0.854. The van der Waals surface area contributed by atoms with Gasteiger partial charge >= 0.3 is 6.03 Å². The Morgan fingerprint density at radius 3 is 2.21 bits per heavy atom. The molecule has 1 fully saturated rings. The molecule has 7 nitrogen and oxygen atoms in total. The Morgan fingerprint density at radius 1 is 1.29 bits per heavy atom.